The van der Waals surface area contributed by atoms with Crippen molar-refractivity contribution in [2.75, 3.05) is 52.4 Å². The zero-order valence-electron chi connectivity index (χ0n) is 25.5. The van der Waals surface area contributed by atoms with Gasteiger partial charge >= 0.3 is 0 Å². The molecule has 0 aliphatic carbocycles. The summed E-state index contributed by atoms with van der Waals surface area (Å²) >= 11 is 0. The molecular formula is C34H63N3+2. The Morgan fingerprint density at radius 3 is 1.43 bits per heavy atom. The molecule has 0 bridgehead atoms. The van der Waals surface area contributed by atoms with E-state index in [-0.39, 0.29) is 0 Å². The molecular weight excluding hydrogens is 450 g/mol. The highest BCUT2D eigenvalue weighted by Crippen LogP contribution is 2.29. The number of hydrogen-bond donors (Lipinski definition) is 0. The molecule has 2 fully saturated rings. The van der Waals surface area contributed by atoms with Gasteiger partial charge in [-0.1, -0.05) is 59.8 Å². The average Bonchev–Trinajstić information content (AvgIpc) is 3.55. The zero-order chi connectivity index (χ0) is 26.4. The lowest BCUT2D eigenvalue weighted by Crippen LogP contribution is -2.46. The number of benzene rings is 1. The van der Waals surface area contributed by atoms with E-state index in [9.17, 15) is 0 Å². The minimum absolute atomic E-state index is 1.15. The average molecular weight is 514 g/mol. The van der Waals surface area contributed by atoms with Gasteiger partial charge in [0.1, 0.15) is 13.1 Å². The maximum Gasteiger partial charge on any atom is 0.104 e. The van der Waals surface area contributed by atoms with E-state index >= 15 is 0 Å². The van der Waals surface area contributed by atoms with Crippen LogP contribution in [0.15, 0.2) is 18.2 Å². The quantitative estimate of drug-likeness (QED) is 0.133. The molecule has 0 radical (unpaired) electrons. The summed E-state index contributed by atoms with van der Waals surface area (Å²) in [5.74, 6) is 0. The molecule has 1 aromatic carbocycles. The second-order valence-corrected chi connectivity index (χ2v) is 13.0. The molecule has 0 aromatic heterocycles. The molecule has 2 heterocycles. The van der Waals surface area contributed by atoms with Crippen LogP contribution in [0.25, 0.3) is 0 Å². The summed E-state index contributed by atoms with van der Waals surface area (Å²) in [7, 11) is 0. The number of unbranched alkanes of at least 4 members (excludes halogenated alkanes) is 5. The van der Waals surface area contributed by atoms with Crippen molar-refractivity contribution in [3.05, 3.63) is 34.9 Å². The molecule has 2 saturated heterocycles. The van der Waals surface area contributed by atoms with Gasteiger partial charge in [-0.25, -0.2) is 0 Å². The predicted octanol–water partition coefficient (Wildman–Crippen LogP) is 8.30. The van der Waals surface area contributed by atoms with E-state index in [4.69, 9.17) is 0 Å². The second-order valence-electron chi connectivity index (χ2n) is 13.0. The van der Waals surface area contributed by atoms with Gasteiger partial charge in [0.05, 0.1) is 39.3 Å². The first-order valence-corrected chi connectivity index (χ1v) is 16.6. The summed E-state index contributed by atoms with van der Waals surface area (Å²) in [6.07, 6.45) is 17.8. The van der Waals surface area contributed by atoms with Gasteiger partial charge in [0.25, 0.3) is 0 Å². The van der Waals surface area contributed by atoms with E-state index in [2.05, 4.69) is 50.8 Å². The van der Waals surface area contributed by atoms with E-state index in [1.54, 1.807) is 16.7 Å². The lowest BCUT2D eigenvalue weighted by molar-refractivity contribution is -0.930. The first-order chi connectivity index (χ1) is 18.1. The molecule has 1 aromatic rings. The van der Waals surface area contributed by atoms with Crippen LogP contribution >= 0.6 is 0 Å². The molecule has 0 unspecified atom stereocenters. The summed E-state index contributed by atoms with van der Waals surface area (Å²) < 4.78 is 2.70. The van der Waals surface area contributed by atoms with Crippen LogP contribution in [0.2, 0.25) is 0 Å². The van der Waals surface area contributed by atoms with Crippen LogP contribution in [0.3, 0.4) is 0 Å². The summed E-state index contributed by atoms with van der Waals surface area (Å²) in [4.78, 5) is 2.77. The lowest BCUT2D eigenvalue weighted by Gasteiger charge is -2.36. The van der Waals surface area contributed by atoms with Crippen molar-refractivity contribution in [3.8, 4) is 0 Å². The largest absolute Gasteiger partial charge is 0.320 e. The van der Waals surface area contributed by atoms with Crippen LogP contribution in [0.5, 0.6) is 0 Å². The number of nitrogens with zero attached hydrogens (tertiary/aromatic N) is 3. The first-order valence-electron chi connectivity index (χ1n) is 16.6. The SMILES string of the molecule is CCCCCN(CCCC)Cc1cc(C[N+]2(CCCC)CCCC2)cc(C[N+]2(CCCC)CCCC2)c1. The third-order valence-electron chi connectivity index (χ3n) is 9.46. The summed E-state index contributed by atoms with van der Waals surface area (Å²) in [5.41, 5.74) is 4.88. The molecule has 3 rings (SSSR count). The predicted molar refractivity (Wildman–Crippen MR) is 162 cm³/mol. The molecule has 2 aliphatic rings. The topological polar surface area (TPSA) is 3.24 Å². The Morgan fingerprint density at radius 2 is 0.973 bits per heavy atom. The van der Waals surface area contributed by atoms with Crippen LogP contribution in [0.1, 0.15) is 128 Å². The fourth-order valence-electron chi connectivity index (χ4n) is 7.30. The minimum Gasteiger partial charge on any atom is -0.320 e. The van der Waals surface area contributed by atoms with E-state index in [0.29, 0.717) is 0 Å². The first kappa shape index (κ1) is 30.6. The van der Waals surface area contributed by atoms with Crippen molar-refractivity contribution in [3.63, 3.8) is 0 Å². The smallest absolute Gasteiger partial charge is 0.104 e. The second kappa shape index (κ2) is 16.3. The molecule has 2 aliphatic heterocycles. The van der Waals surface area contributed by atoms with Crippen LogP contribution in [-0.4, -0.2) is 66.2 Å². The Hall–Kier alpha value is -0.900. The van der Waals surface area contributed by atoms with Gasteiger partial charge in [0, 0.05) is 43.4 Å². The Balaban J connectivity index is 1.86. The van der Waals surface area contributed by atoms with E-state index in [0.717, 1.165) is 6.54 Å². The third-order valence-corrected chi connectivity index (χ3v) is 9.46. The van der Waals surface area contributed by atoms with E-state index in [1.165, 1.54) is 158 Å². The summed E-state index contributed by atoms with van der Waals surface area (Å²) in [6, 6.07) is 7.92. The van der Waals surface area contributed by atoms with Crippen LogP contribution in [0, 0.1) is 0 Å². The van der Waals surface area contributed by atoms with Crippen molar-refractivity contribution >= 4 is 0 Å². The highest BCUT2D eigenvalue weighted by molar-refractivity contribution is 5.30. The molecule has 0 amide bonds. The van der Waals surface area contributed by atoms with Crippen molar-refractivity contribution in [2.24, 2.45) is 0 Å². The molecule has 3 nitrogen and oxygen atoms in total. The van der Waals surface area contributed by atoms with Crippen molar-refractivity contribution in [1.82, 2.24) is 4.90 Å². The van der Waals surface area contributed by atoms with E-state index in [1.807, 2.05) is 0 Å². The highest BCUT2D eigenvalue weighted by atomic mass is 15.4. The van der Waals surface area contributed by atoms with Crippen molar-refractivity contribution in [2.45, 2.75) is 131 Å². The van der Waals surface area contributed by atoms with Gasteiger partial charge in [0.15, 0.2) is 0 Å². The molecule has 0 spiro atoms. The van der Waals surface area contributed by atoms with Gasteiger partial charge in [-0.05, 0) is 62.5 Å². The Kier molecular flexibility index (Phi) is 13.5. The maximum absolute atomic E-state index is 2.77. The number of rotatable bonds is 19. The molecule has 0 atom stereocenters. The van der Waals surface area contributed by atoms with Gasteiger partial charge < -0.3 is 8.97 Å². The van der Waals surface area contributed by atoms with E-state index < -0.39 is 0 Å². The number of likely N-dealkylation sites (tertiary alicyclic amines) is 2. The minimum atomic E-state index is 1.15. The van der Waals surface area contributed by atoms with Crippen LogP contribution < -0.4 is 0 Å². The normalized spacial score (nSPS) is 18.7. The van der Waals surface area contributed by atoms with Gasteiger partial charge in [-0.2, -0.15) is 0 Å². The molecule has 3 heteroatoms. The Bertz CT molecular complexity index is 697. The van der Waals surface area contributed by atoms with Crippen molar-refractivity contribution < 1.29 is 8.97 Å². The third kappa shape index (κ3) is 9.97. The van der Waals surface area contributed by atoms with Gasteiger partial charge in [0.2, 0.25) is 0 Å². The standard InChI is InChI=1S/C34H63N3/c1-5-9-13-19-35(18-10-6-2)29-32-26-33(30-36(20-11-7-3)22-14-15-23-36)28-34(27-32)31-37(21-12-8-4)24-16-17-25-37/h26-28H,5-25,29-31H2,1-4H3/q+2. The Labute approximate surface area is 231 Å². The van der Waals surface area contributed by atoms with Gasteiger partial charge in [-0.3, -0.25) is 4.90 Å². The molecule has 37 heavy (non-hydrogen) atoms. The van der Waals surface area contributed by atoms with Crippen LogP contribution in [-0.2, 0) is 19.6 Å². The van der Waals surface area contributed by atoms with Gasteiger partial charge in [-0.15, -0.1) is 0 Å². The van der Waals surface area contributed by atoms with Crippen LogP contribution in [0.4, 0.5) is 0 Å². The summed E-state index contributed by atoms with van der Waals surface area (Å²) in [5, 5.41) is 0. The zero-order valence-corrected chi connectivity index (χ0v) is 25.5. The fourth-order valence-corrected chi connectivity index (χ4v) is 7.30. The Morgan fingerprint density at radius 1 is 0.541 bits per heavy atom. The van der Waals surface area contributed by atoms with Crippen molar-refractivity contribution in [1.29, 1.82) is 0 Å². The maximum atomic E-state index is 2.77. The lowest BCUT2D eigenvalue weighted by atomic mass is 10.0. The molecule has 212 valence electrons. The monoisotopic (exact) mass is 514 g/mol. The summed E-state index contributed by atoms with van der Waals surface area (Å²) in [6.45, 7) is 24.0. The number of quaternary nitrogens is 2. The highest BCUT2D eigenvalue weighted by Gasteiger charge is 2.34. The fraction of sp³-hybridized carbons (Fsp3) is 0.824. The molecule has 0 saturated carbocycles. The molecule has 0 N–H and O–H groups in total. The number of hydrogen-bond acceptors (Lipinski definition) is 1.